The fraction of sp³-hybridized carbons (Fsp3) is 0.900. The van der Waals surface area contributed by atoms with Gasteiger partial charge in [-0.1, -0.05) is 44.8 Å². The second-order valence-corrected chi connectivity index (χ2v) is 8.77. The van der Waals surface area contributed by atoms with E-state index >= 15 is 0 Å². The minimum Gasteiger partial charge on any atom is -0.198 e. The van der Waals surface area contributed by atoms with E-state index in [1.54, 1.807) is 0 Å². The predicted octanol–water partition coefficient (Wildman–Crippen LogP) is 3.34. The van der Waals surface area contributed by atoms with Crippen LogP contribution in [0.2, 0.25) is 17.1 Å². The standard InChI is InChI=1S/C10H21NSi/c1-9(2)12(10(3)4)8-6-5-7-11/h9-10,12H,5-6,8H2,1-4H3. The average molecular weight is 183 g/mol. The normalized spacial score (nSPS) is 11.2. The molecule has 0 aliphatic carbocycles. The van der Waals surface area contributed by atoms with Crippen molar-refractivity contribution in [3.05, 3.63) is 0 Å². The van der Waals surface area contributed by atoms with Gasteiger partial charge in [-0.05, 0) is 6.42 Å². The monoisotopic (exact) mass is 183 g/mol. The molecule has 0 bridgehead atoms. The Morgan fingerprint density at radius 1 is 1.17 bits per heavy atom. The summed E-state index contributed by atoms with van der Waals surface area (Å²) < 4.78 is 0. The van der Waals surface area contributed by atoms with Crippen LogP contribution in [0, 0.1) is 11.3 Å². The van der Waals surface area contributed by atoms with Crippen LogP contribution in [-0.2, 0) is 0 Å². The van der Waals surface area contributed by atoms with Crippen LogP contribution in [0.25, 0.3) is 0 Å². The van der Waals surface area contributed by atoms with Gasteiger partial charge in [0.05, 0.1) is 6.07 Å². The fourth-order valence-electron chi connectivity index (χ4n) is 1.85. The molecule has 0 atom stereocenters. The van der Waals surface area contributed by atoms with Gasteiger partial charge in [-0.3, -0.25) is 0 Å². The molecule has 0 saturated carbocycles. The van der Waals surface area contributed by atoms with E-state index in [9.17, 15) is 0 Å². The number of hydrogen-bond acceptors (Lipinski definition) is 1. The van der Waals surface area contributed by atoms with Gasteiger partial charge in [0.2, 0.25) is 0 Å². The highest BCUT2D eigenvalue weighted by Crippen LogP contribution is 2.24. The molecule has 0 aliphatic rings. The van der Waals surface area contributed by atoms with Crippen LogP contribution in [0.5, 0.6) is 0 Å². The van der Waals surface area contributed by atoms with Crippen LogP contribution in [0.3, 0.4) is 0 Å². The Morgan fingerprint density at radius 2 is 1.67 bits per heavy atom. The number of nitrogens with zero attached hydrogens (tertiary/aromatic N) is 1. The fourth-order valence-corrected chi connectivity index (χ4v) is 5.40. The van der Waals surface area contributed by atoms with Gasteiger partial charge in [0.15, 0.2) is 0 Å². The van der Waals surface area contributed by atoms with E-state index < -0.39 is 8.80 Å². The molecule has 0 heterocycles. The zero-order chi connectivity index (χ0) is 9.56. The Bertz CT molecular complexity index is 138. The second-order valence-electron chi connectivity index (χ2n) is 4.20. The Balaban J connectivity index is 3.74. The quantitative estimate of drug-likeness (QED) is 0.474. The molecule has 0 aromatic heterocycles. The maximum atomic E-state index is 8.42. The third-order valence-corrected chi connectivity index (χ3v) is 7.04. The molecule has 0 aromatic carbocycles. The van der Waals surface area contributed by atoms with Crippen molar-refractivity contribution >= 4 is 8.80 Å². The van der Waals surface area contributed by atoms with Gasteiger partial charge >= 0.3 is 0 Å². The molecular formula is C10H21NSi. The first-order valence-electron chi connectivity index (χ1n) is 4.96. The van der Waals surface area contributed by atoms with Crippen molar-refractivity contribution in [3.63, 3.8) is 0 Å². The van der Waals surface area contributed by atoms with Crippen molar-refractivity contribution in [3.8, 4) is 6.07 Å². The highest BCUT2D eigenvalue weighted by molar-refractivity contribution is 6.61. The van der Waals surface area contributed by atoms with Crippen LogP contribution in [-0.4, -0.2) is 8.80 Å². The van der Waals surface area contributed by atoms with E-state index in [-0.39, 0.29) is 0 Å². The van der Waals surface area contributed by atoms with Crippen molar-refractivity contribution in [2.75, 3.05) is 0 Å². The highest BCUT2D eigenvalue weighted by atomic mass is 28.3. The van der Waals surface area contributed by atoms with E-state index in [1.165, 1.54) is 6.04 Å². The van der Waals surface area contributed by atoms with Crippen LogP contribution >= 0.6 is 0 Å². The van der Waals surface area contributed by atoms with Crippen molar-refractivity contribution in [2.45, 2.75) is 57.7 Å². The Morgan fingerprint density at radius 3 is 2.00 bits per heavy atom. The SMILES string of the molecule is CC(C)[SiH](CCCC#N)C(C)C. The van der Waals surface area contributed by atoms with E-state index in [0.717, 1.165) is 23.9 Å². The lowest BCUT2D eigenvalue weighted by Gasteiger charge is -2.22. The summed E-state index contributed by atoms with van der Waals surface area (Å²) in [5, 5.41) is 8.42. The molecule has 70 valence electrons. The zero-order valence-electron chi connectivity index (χ0n) is 8.80. The highest BCUT2D eigenvalue weighted by Gasteiger charge is 2.18. The number of unbranched alkanes of at least 4 members (excludes halogenated alkanes) is 1. The molecule has 0 amide bonds. The van der Waals surface area contributed by atoms with Gasteiger partial charge in [0, 0.05) is 15.2 Å². The van der Waals surface area contributed by atoms with Crippen molar-refractivity contribution in [2.24, 2.45) is 0 Å². The van der Waals surface area contributed by atoms with E-state index in [4.69, 9.17) is 5.26 Å². The molecule has 0 radical (unpaired) electrons. The zero-order valence-corrected chi connectivity index (χ0v) is 9.96. The van der Waals surface area contributed by atoms with Crippen LogP contribution in [0.1, 0.15) is 40.5 Å². The topological polar surface area (TPSA) is 23.8 Å². The Kier molecular flexibility index (Phi) is 6.10. The molecule has 1 nitrogen and oxygen atoms in total. The van der Waals surface area contributed by atoms with E-state index in [1.807, 2.05) is 0 Å². The summed E-state index contributed by atoms with van der Waals surface area (Å²) in [5.41, 5.74) is 1.78. The largest absolute Gasteiger partial charge is 0.198 e. The van der Waals surface area contributed by atoms with Crippen LogP contribution in [0.4, 0.5) is 0 Å². The van der Waals surface area contributed by atoms with Gasteiger partial charge in [-0.2, -0.15) is 5.26 Å². The van der Waals surface area contributed by atoms with Gasteiger partial charge < -0.3 is 0 Å². The molecular weight excluding hydrogens is 162 g/mol. The van der Waals surface area contributed by atoms with E-state index in [0.29, 0.717) is 0 Å². The third kappa shape index (κ3) is 4.56. The van der Waals surface area contributed by atoms with Crippen LogP contribution < -0.4 is 0 Å². The molecule has 0 saturated heterocycles. The van der Waals surface area contributed by atoms with Gasteiger partial charge in [0.1, 0.15) is 0 Å². The van der Waals surface area contributed by atoms with Crippen LogP contribution in [0.15, 0.2) is 0 Å². The van der Waals surface area contributed by atoms with Crippen molar-refractivity contribution in [1.29, 1.82) is 5.26 Å². The first kappa shape index (κ1) is 11.7. The van der Waals surface area contributed by atoms with E-state index in [2.05, 4.69) is 33.8 Å². The molecule has 0 N–H and O–H groups in total. The summed E-state index contributed by atoms with van der Waals surface area (Å²) in [4.78, 5) is 0. The molecule has 0 aromatic rings. The Labute approximate surface area is 78.4 Å². The summed E-state index contributed by atoms with van der Waals surface area (Å²) in [7, 11) is -0.563. The molecule has 0 unspecified atom stereocenters. The smallest absolute Gasteiger partial charge is 0.0621 e. The summed E-state index contributed by atoms with van der Waals surface area (Å²) >= 11 is 0. The summed E-state index contributed by atoms with van der Waals surface area (Å²) in [6.07, 6.45) is 1.88. The maximum absolute atomic E-state index is 8.42. The molecule has 2 heteroatoms. The lowest BCUT2D eigenvalue weighted by Crippen LogP contribution is -2.20. The number of hydrogen-bond donors (Lipinski definition) is 0. The van der Waals surface area contributed by atoms with Gasteiger partial charge in [0.25, 0.3) is 0 Å². The molecule has 12 heavy (non-hydrogen) atoms. The molecule has 0 rings (SSSR count). The van der Waals surface area contributed by atoms with Crippen molar-refractivity contribution in [1.82, 2.24) is 0 Å². The first-order chi connectivity index (χ1) is 5.59. The summed E-state index contributed by atoms with van der Waals surface area (Å²) in [5.74, 6) is 0. The molecule has 0 fully saturated rings. The lowest BCUT2D eigenvalue weighted by atomic mass is 10.4. The van der Waals surface area contributed by atoms with Gasteiger partial charge in [-0.25, -0.2) is 0 Å². The van der Waals surface area contributed by atoms with Gasteiger partial charge in [-0.15, -0.1) is 0 Å². The minimum absolute atomic E-state index is 0.563. The summed E-state index contributed by atoms with van der Waals surface area (Å²) in [6.45, 7) is 9.35. The number of nitriles is 1. The third-order valence-electron chi connectivity index (χ3n) is 2.54. The minimum atomic E-state index is -0.563. The maximum Gasteiger partial charge on any atom is 0.0621 e. The van der Waals surface area contributed by atoms with Crippen molar-refractivity contribution < 1.29 is 0 Å². The predicted molar refractivity (Wildman–Crippen MR) is 57.0 cm³/mol. The average Bonchev–Trinajstić information content (AvgIpc) is 1.96. The lowest BCUT2D eigenvalue weighted by molar-refractivity contribution is 0.868. The number of rotatable bonds is 5. The summed E-state index contributed by atoms with van der Waals surface area (Å²) in [6, 6.07) is 3.57. The first-order valence-corrected chi connectivity index (χ1v) is 7.11. The molecule has 0 spiro atoms. The molecule has 0 aliphatic heterocycles. The Hall–Kier alpha value is -0.293. The second kappa shape index (κ2) is 6.25.